The minimum Gasteiger partial charge on any atom is -0.396 e. The molecule has 1 N–H and O–H groups in total. The molecule has 1 saturated heterocycles. The maximum atomic E-state index is 13.0. The number of alkyl halides is 3. The Morgan fingerprint density at radius 2 is 1.69 bits per heavy atom. The predicted octanol–water partition coefficient (Wildman–Crippen LogP) is 4.47. The summed E-state index contributed by atoms with van der Waals surface area (Å²) >= 11 is 0. The van der Waals surface area contributed by atoms with Crippen molar-refractivity contribution in [3.8, 4) is 0 Å². The fraction of sp³-hybridized carbons (Fsp3) is 0.519. The number of aliphatic hydroxyl groups is 1. The topological polar surface area (TPSA) is 47.0 Å². The van der Waals surface area contributed by atoms with Gasteiger partial charge < -0.3 is 14.9 Å². The SMILES string of the molecule is O=C(CCCCCN1CCN(c2cccc(C(F)(F)F)c2)CC1)N1Cc2ccc(CCO)cc2C1. The molecule has 0 atom stereocenters. The van der Waals surface area contributed by atoms with Crippen molar-refractivity contribution < 1.29 is 23.1 Å². The molecule has 0 spiro atoms. The molecule has 0 unspecified atom stereocenters. The highest BCUT2D eigenvalue weighted by molar-refractivity contribution is 5.77. The lowest BCUT2D eigenvalue weighted by molar-refractivity contribution is -0.137. The van der Waals surface area contributed by atoms with E-state index in [1.165, 1.54) is 23.3 Å². The Morgan fingerprint density at radius 3 is 2.43 bits per heavy atom. The maximum Gasteiger partial charge on any atom is 0.416 e. The first-order valence-corrected chi connectivity index (χ1v) is 12.5. The fourth-order valence-corrected chi connectivity index (χ4v) is 4.96. The molecule has 4 rings (SSSR count). The summed E-state index contributed by atoms with van der Waals surface area (Å²) in [6.07, 6.45) is -0.252. The van der Waals surface area contributed by atoms with Gasteiger partial charge in [-0.2, -0.15) is 13.2 Å². The van der Waals surface area contributed by atoms with Crippen LogP contribution in [0.2, 0.25) is 0 Å². The van der Waals surface area contributed by atoms with Crippen molar-refractivity contribution in [2.24, 2.45) is 0 Å². The average Bonchev–Trinajstić information content (AvgIpc) is 3.28. The summed E-state index contributed by atoms with van der Waals surface area (Å²) in [6, 6.07) is 11.8. The number of piperazine rings is 1. The van der Waals surface area contributed by atoms with Crippen LogP contribution >= 0.6 is 0 Å². The second kappa shape index (κ2) is 11.4. The highest BCUT2D eigenvalue weighted by Crippen LogP contribution is 2.32. The van der Waals surface area contributed by atoms with Crippen molar-refractivity contribution in [2.45, 2.75) is 51.4 Å². The highest BCUT2D eigenvalue weighted by atomic mass is 19.4. The van der Waals surface area contributed by atoms with E-state index in [9.17, 15) is 18.0 Å². The molecule has 2 aliphatic rings. The Hall–Kier alpha value is -2.58. The summed E-state index contributed by atoms with van der Waals surface area (Å²) in [6.45, 7) is 5.51. The number of fused-ring (bicyclic) bond motifs is 1. The van der Waals surface area contributed by atoms with Crippen LogP contribution in [0.4, 0.5) is 18.9 Å². The van der Waals surface area contributed by atoms with E-state index >= 15 is 0 Å². The molecule has 2 aromatic carbocycles. The molecule has 1 fully saturated rings. The number of carbonyl (C=O) groups is 1. The summed E-state index contributed by atoms with van der Waals surface area (Å²) in [5.41, 5.74) is 3.53. The third-order valence-corrected chi connectivity index (χ3v) is 7.02. The molecular weight excluding hydrogens is 455 g/mol. The quantitative estimate of drug-likeness (QED) is 0.529. The molecule has 0 aliphatic carbocycles. The summed E-state index contributed by atoms with van der Waals surface area (Å²) in [5.74, 6) is 0.194. The molecule has 8 heteroatoms. The molecule has 0 aromatic heterocycles. The van der Waals surface area contributed by atoms with Crippen molar-refractivity contribution in [3.63, 3.8) is 0 Å². The minimum atomic E-state index is -4.32. The van der Waals surface area contributed by atoms with E-state index in [4.69, 9.17) is 5.11 Å². The second-order valence-corrected chi connectivity index (χ2v) is 9.51. The van der Waals surface area contributed by atoms with Crippen LogP contribution in [0.25, 0.3) is 0 Å². The molecule has 1 amide bonds. The van der Waals surface area contributed by atoms with Crippen molar-refractivity contribution in [3.05, 3.63) is 64.7 Å². The second-order valence-electron chi connectivity index (χ2n) is 9.51. The van der Waals surface area contributed by atoms with Crippen LogP contribution in [0.1, 0.15) is 47.9 Å². The zero-order chi connectivity index (χ0) is 24.8. The molecule has 0 saturated carbocycles. The van der Waals surface area contributed by atoms with Gasteiger partial charge in [-0.05, 0) is 60.7 Å². The standard InChI is InChI=1S/C27H34F3N3O2/c28-27(29,30)24-5-4-6-25(18-24)32-14-12-31(13-15-32)11-3-1-2-7-26(35)33-19-22-9-8-21(10-16-34)17-23(22)20-33/h4-6,8-9,17-18,34H,1-3,7,10-16,19-20H2. The molecule has 2 aliphatic heterocycles. The lowest BCUT2D eigenvalue weighted by atomic mass is 10.0. The van der Waals surface area contributed by atoms with E-state index in [-0.39, 0.29) is 12.5 Å². The van der Waals surface area contributed by atoms with Crippen molar-refractivity contribution >= 4 is 11.6 Å². The van der Waals surface area contributed by atoms with Gasteiger partial charge in [-0.25, -0.2) is 0 Å². The number of hydrogen-bond acceptors (Lipinski definition) is 4. The van der Waals surface area contributed by atoms with E-state index in [0.717, 1.165) is 63.6 Å². The first kappa shape index (κ1) is 25.5. The maximum absolute atomic E-state index is 13.0. The molecule has 0 bridgehead atoms. The lowest BCUT2D eigenvalue weighted by Crippen LogP contribution is -2.46. The van der Waals surface area contributed by atoms with E-state index in [1.54, 1.807) is 6.07 Å². The van der Waals surface area contributed by atoms with Gasteiger partial charge in [-0.1, -0.05) is 30.7 Å². The normalized spacial score (nSPS) is 16.6. The highest BCUT2D eigenvalue weighted by Gasteiger charge is 2.31. The fourth-order valence-electron chi connectivity index (χ4n) is 4.96. The first-order chi connectivity index (χ1) is 16.8. The number of carbonyl (C=O) groups excluding carboxylic acids is 1. The number of halogens is 3. The third-order valence-electron chi connectivity index (χ3n) is 7.02. The largest absolute Gasteiger partial charge is 0.416 e. The summed E-state index contributed by atoms with van der Waals surface area (Å²) in [5, 5.41) is 9.12. The van der Waals surface area contributed by atoms with Crippen LogP contribution in [-0.2, 0) is 30.5 Å². The zero-order valence-electron chi connectivity index (χ0n) is 20.1. The number of rotatable bonds is 9. The molecule has 0 radical (unpaired) electrons. The smallest absolute Gasteiger partial charge is 0.396 e. The monoisotopic (exact) mass is 489 g/mol. The van der Waals surface area contributed by atoms with Crippen LogP contribution in [0, 0.1) is 0 Å². The molecule has 35 heavy (non-hydrogen) atoms. The number of hydrogen-bond donors (Lipinski definition) is 1. The average molecular weight is 490 g/mol. The molecule has 2 heterocycles. The first-order valence-electron chi connectivity index (χ1n) is 12.5. The van der Waals surface area contributed by atoms with Crippen molar-refractivity contribution in [1.82, 2.24) is 9.80 Å². The Bertz CT molecular complexity index is 1000. The molecule has 2 aromatic rings. The Labute approximate surface area is 205 Å². The summed E-state index contributed by atoms with van der Waals surface area (Å²) < 4.78 is 38.9. The molecule has 190 valence electrons. The van der Waals surface area contributed by atoms with E-state index in [2.05, 4.69) is 17.0 Å². The van der Waals surface area contributed by atoms with Gasteiger partial charge in [0.25, 0.3) is 0 Å². The van der Waals surface area contributed by atoms with Gasteiger partial charge in [-0.3, -0.25) is 9.69 Å². The van der Waals surface area contributed by atoms with Gasteiger partial charge in [0, 0.05) is 58.0 Å². The van der Waals surface area contributed by atoms with Crippen molar-refractivity contribution in [2.75, 3.05) is 44.2 Å². The Balaban J connectivity index is 1.12. The van der Waals surface area contributed by atoms with Crippen LogP contribution in [-0.4, -0.2) is 60.1 Å². The van der Waals surface area contributed by atoms with Crippen LogP contribution in [0.3, 0.4) is 0 Å². The number of unbranched alkanes of at least 4 members (excludes halogenated alkanes) is 2. The number of benzene rings is 2. The number of nitrogens with zero attached hydrogens (tertiary/aromatic N) is 3. The van der Waals surface area contributed by atoms with Gasteiger partial charge in [0.2, 0.25) is 5.91 Å². The van der Waals surface area contributed by atoms with Gasteiger partial charge in [0.05, 0.1) is 5.56 Å². The number of anilines is 1. The van der Waals surface area contributed by atoms with Crippen LogP contribution in [0.5, 0.6) is 0 Å². The van der Waals surface area contributed by atoms with Gasteiger partial charge in [-0.15, -0.1) is 0 Å². The van der Waals surface area contributed by atoms with Gasteiger partial charge in [0.15, 0.2) is 0 Å². The summed E-state index contributed by atoms with van der Waals surface area (Å²) in [7, 11) is 0. The Morgan fingerprint density at radius 1 is 0.914 bits per heavy atom. The number of aliphatic hydroxyl groups excluding tert-OH is 1. The molecule has 5 nitrogen and oxygen atoms in total. The predicted molar refractivity (Wildman–Crippen MR) is 130 cm³/mol. The van der Waals surface area contributed by atoms with E-state index < -0.39 is 11.7 Å². The minimum absolute atomic E-state index is 0.132. The van der Waals surface area contributed by atoms with Gasteiger partial charge >= 0.3 is 6.18 Å². The third kappa shape index (κ3) is 6.76. The zero-order valence-corrected chi connectivity index (χ0v) is 20.1. The lowest BCUT2D eigenvalue weighted by Gasteiger charge is -2.36. The van der Waals surface area contributed by atoms with E-state index in [1.807, 2.05) is 15.9 Å². The van der Waals surface area contributed by atoms with Crippen LogP contribution in [0.15, 0.2) is 42.5 Å². The number of amides is 1. The van der Waals surface area contributed by atoms with Crippen LogP contribution < -0.4 is 4.90 Å². The molecular formula is C27H34F3N3O2. The Kier molecular flexibility index (Phi) is 8.34. The van der Waals surface area contributed by atoms with Gasteiger partial charge in [0.1, 0.15) is 0 Å². The van der Waals surface area contributed by atoms with Crippen molar-refractivity contribution in [1.29, 1.82) is 0 Å². The summed E-state index contributed by atoms with van der Waals surface area (Å²) in [4.78, 5) is 18.9. The van der Waals surface area contributed by atoms with E-state index in [0.29, 0.717) is 31.6 Å².